The lowest BCUT2D eigenvalue weighted by molar-refractivity contribution is -0.114. The molecule has 0 bridgehead atoms. The first kappa shape index (κ1) is 27.4. The van der Waals surface area contributed by atoms with Gasteiger partial charge in [-0.1, -0.05) is 41.7 Å². The van der Waals surface area contributed by atoms with E-state index in [4.69, 9.17) is 4.74 Å². The molecule has 0 fully saturated rings. The summed E-state index contributed by atoms with van der Waals surface area (Å²) in [7, 11) is 0. The summed E-state index contributed by atoms with van der Waals surface area (Å²) in [4.78, 5) is 34.4. The normalized spacial score (nSPS) is 11.2. The van der Waals surface area contributed by atoms with Crippen LogP contribution in [0.25, 0.3) is 20.4 Å². The van der Waals surface area contributed by atoms with Crippen LogP contribution in [0.3, 0.4) is 0 Å². The Morgan fingerprint density at radius 2 is 1.41 bits per heavy atom. The van der Waals surface area contributed by atoms with E-state index in [1.807, 2.05) is 75.4 Å². The van der Waals surface area contributed by atoms with Gasteiger partial charge in [0, 0.05) is 11.4 Å². The number of aromatic nitrogens is 2. The minimum absolute atomic E-state index is 0.0648. The number of anilines is 2. The Bertz CT molecular complexity index is 1640. The van der Waals surface area contributed by atoms with Crippen LogP contribution in [-0.4, -0.2) is 39.9 Å². The number of rotatable bonds is 10. The highest BCUT2D eigenvalue weighted by atomic mass is 32.2. The average molecular weight is 595 g/mol. The number of para-hydroxylation sites is 1. The van der Waals surface area contributed by atoms with Crippen LogP contribution >= 0.6 is 46.2 Å². The van der Waals surface area contributed by atoms with E-state index in [1.54, 1.807) is 11.3 Å². The fraction of sp³-hybridized carbons (Fsp3) is 0.214. The third-order valence-electron chi connectivity index (χ3n) is 5.70. The van der Waals surface area contributed by atoms with Crippen molar-refractivity contribution in [2.24, 2.45) is 0 Å². The van der Waals surface area contributed by atoms with Gasteiger partial charge in [-0.25, -0.2) is 9.97 Å². The van der Waals surface area contributed by atoms with Crippen molar-refractivity contribution < 1.29 is 14.3 Å². The van der Waals surface area contributed by atoms with E-state index in [0.717, 1.165) is 51.7 Å². The molecule has 2 N–H and O–H groups in total. The number of fused-ring (bicyclic) bond motifs is 2. The molecule has 0 aliphatic heterocycles. The zero-order chi connectivity index (χ0) is 27.4. The second kappa shape index (κ2) is 12.4. The number of hydrogen-bond donors (Lipinski definition) is 2. The van der Waals surface area contributed by atoms with Crippen molar-refractivity contribution in [1.29, 1.82) is 0 Å². The van der Waals surface area contributed by atoms with Crippen molar-refractivity contribution >= 4 is 89.8 Å². The van der Waals surface area contributed by atoms with Crippen LogP contribution in [0.4, 0.5) is 11.4 Å². The van der Waals surface area contributed by atoms with Gasteiger partial charge in [-0.2, -0.15) is 0 Å². The molecule has 0 aliphatic carbocycles. The summed E-state index contributed by atoms with van der Waals surface area (Å²) in [5.74, 6) is 1.19. The average Bonchev–Trinajstić information content (AvgIpc) is 3.51. The van der Waals surface area contributed by atoms with Crippen LogP contribution in [0.5, 0.6) is 5.75 Å². The Morgan fingerprint density at radius 3 is 2.05 bits per heavy atom. The van der Waals surface area contributed by atoms with Crippen molar-refractivity contribution in [2.45, 2.75) is 29.5 Å². The predicted octanol–water partition coefficient (Wildman–Crippen LogP) is 7.38. The highest BCUT2D eigenvalue weighted by Crippen LogP contribution is 2.33. The smallest absolute Gasteiger partial charge is 0.234 e. The Hall–Kier alpha value is -3.12. The first-order valence-corrected chi connectivity index (χ1v) is 15.8. The van der Waals surface area contributed by atoms with E-state index in [1.165, 1.54) is 34.9 Å². The van der Waals surface area contributed by atoms with Crippen molar-refractivity contribution in [2.75, 3.05) is 28.7 Å². The Morgan fingerprint density at radius 1 is 0.821 bits per heavy atom. The molecule has 2 heterocycles. The summed E-state index contributed by atoms with van der Waals surface area (Å²) in [6, 6.07) is 17.4. The number of nitrogens with one attached hydrogen (secondary N) is 2. The van der Waals surface area contributed by atoms with Crippen LogP contribution in [-0.2, 0) is 9.59 Å². The second-order valence-corrected chi connectivity index (χ2v) is 13.2. The molecule has 3 aromatic carbocycles. The highest BCUT2D eigenvalue weighted by Gasteiger charge is 2.13. The van der Waals surface area contributed by atoms with Crippen LogP contribution in [0.15, 0.2) is 63.3 Å². The molecule has 0 radical (unpaired) electrons. The van der Waals surface area contributed by atoms with Crippen molar-refractivity contribution in [3.05, 3.63) is 65.7 Å². The molecule has 0 unspecified atom stereocenters. The number of ether oxygens (including phenoxy) is 1. The van der Waals surface area contributed by atoms with Gasteiger partial charge in [0.15, 0.2) is 8.68 Å². The van der Waals surface area contributed by atoms with Crippen LogP contribution in [0, 0.1) is 13.8 Å². The molecule has 0 aliphatic rings. The van der Waals surface area contributed by atoms with Crippen molar-refractivity contribution in [1.82, 2.24) is 9.97 Å². The summed E-state index contributed by atoms with van der Waals surface area (Å²) < 4.78 is 9.20. The van der Waals surface area contributed by atoms with Gasteiger partial charge in [0.05, 0.1) is 38.5 Å². The van der Waals surface area contributed by atoms with Crippen LogP contribution in [0.1, 0.15) is 18.1 Å². The summed E-state index contributed by atoms with van der Waals surface area (Å²) in [6.07, 6.45) is 0. The summed E-state index contributed by atoms with van der Waals surface area (Å²) in [5.41, 5.74) is 5.40. The summed E-state index contributed by atoms with van der Waals surface area (Å²) in [5, 5.41) is 5.98. The maximum Gasteiger partial charge on any atom is 0.234 e. The molecule has 5 rings (SSSR count). The monoisotopic (exact) mass is 594 g/mol. The molecule has 5 aromatic rings. The maximum absolute atomic E-state index is 12.6. The lowest BCUT2D eigenvalue weighted by Crippen LogP contribution is -2.15. The zero-order valence-corrected chi connectivity index (χ0v) is 24.8. The number of carbonyl (C=O) groups is 2. The van der Waals surface area contributed by atoms with Gasteiger partial charge in [0.2, 0.25) is 11.8 Å². The Balaban J connectivity index is 1.15. The van der Waals surface area contributed by atoms with Gasteiger partial charge in [-0.15, -0.1) is 22.7 Å². The van der Waals surface area contributed by atoms with E-state index in [2.05, 4.69) is 20.6 Å². The summed E-state index contributed by atoms with van der Waals surface area (Å²) in [6.45, 7) is 6.54. The fourth-order valence-corrected chi connectivity index (χ4v) is 7.69. The first-order chi connectivity index (χ1) is 18.9. The standard InChI is InChI=1S/C28H26N4O3S4/c1-4-35-19-9-11-21-23(13-19)39-28(31-21)36-14-24(33)29-18-8-10-20-22(12-18)38-27(30-20)37-15-25(34)32-26-16(2)6-5-7-17(26)3/h5-13H,4,14-15H2,1-3H3,(H,29,33)(H,32,34). The SMILES string of the molecule is CCOc1ccc2nc(SCC(=O)Nc3ccc4nc(SCC(=O)Nc5c(C)cccc5C)sc4c3)sc2c1. The molecule has 0 atom stereocenters. The summed E-state index contributed by atoms with van der Waals surface area (Å²) >= 11 is 5.88. The molecule has 0 spiro atoms. The molecule has 39 heavy (non-hydrogen) atoms. The maximum atomic E-state index is 12.6. The molecule has 11 heteroatoms. The molecular weight excluding hydrogens is 569 g/mol. The Kier molecular flexibility index (Phi) is 8.71. The number of aryl methyl sites for hydroxylation is 2. The van der Waals surface area contributed by atoms with E-state index < -0.39 is 0 Å². The number of thiazole rings is 2. The lowest BCUT2D eigenvalue weighted by atomic mass is 10.1. The van der Waals surface area contributed by atoms with E-state index >= 15 is 0 Å². The second-order valence-electron chi connectivity index (χ2n) is 8.65. The number of benzene rings is 3. The van der Waals surface area contributed by atoms with Crippen molar-refractivity contribution in [3.63, 3.8) is 0 Å². The van der Waals surface area contributed by atoms with Gasteiger partial charge in [-0.05, 0) is 68.3 Å². The minimum Gasteiger partial charge on any atom is -0.494 e. The number of hydrogen-bond acceptors (Lipinski definition) is 9. The van der Waals surface area contributed by atoms with E-state index in [9.17, 15) is 9.59 Å². The highest BCUT2D eigenvalue weighted by molar-refractivity contribution is 8.02. The quantitative estimate of drug-likeness (QED) is 0.163. The van der Waals surface area contributed by atoms with Gasteiger partial charge in [0.1, 0.15) is 5.75 Å². The molecule has 0 saturated heterocycles. The third kappa shape index (κ3) is 6.91. The fourth-order valence-electron chi connectivity index (χ4n) is 3.88. The predicted molar refractivity (Wildman–Crippen MR) is 165 cm³/mol. The number of amides is 2. The van der Waals surface area contributed by atoms with Crippen LogP contribution < -0.4 is 15.4 Å². The molecule has 2 amide bonds. The number of thioether (sulfide) groups is 2. The lowest BCUT2D eigenvalue weighted by Gasteiger charge is -2.10. The molecule has 2 aromatic heterocycles. The third-order valence-corrected chi connectivity index (χ3v) is 10.0. The molecule has 0 saturated carbocycles. The van der Waals surface area contributed by atoms with Crippen LogP contribution in [0.2, 0.25) is 0 Å². The minimum atomic E-state index is -0.101. The Labute approximate surface area is 242 Å². The molecule has 7 nitrogen and oxygen atoms in total. The molecular formula is C28H26N4O3S4. The van der Waals surface area contributed by atoms with E-state index in [-0.39, 0.29) is 23.3 Å². The number of nitrogens with zero attached hydrogens (tertiary/aromatic N) is 2. The number of carbonyl (C=O) groups excluding carboxylic acids is 2. The molecule has 200 valence electrons. The largest absolute Gasteiger partial charge is 0.494 e. The first-order valence-electron chi connectivity index (χ1n) is 12.2. The zero-order valence-electron chi connectivity index (χ0n) is 21.6. The van der Waals surface area contributed by atoms with Gasteiger partial charge >= 0.3 is 0 Å². The van der Waals surface area contributed by atoms with Crippen molar-refractivity contribution in [3.8, 4) is 5.75 Å². The van der Waals surface area contributed by atoms with E-state index in [0.29, 0.717) is 12.3 Å². The van der Waals surface area contributed by atoms with Gasteiger partial charge < -0.3 is 15.4 Å². The topological polar surface area (TPSA) is 93.2 Å². The van der Waals surface area contributed by atoms with Gasteiger partial charge in [0.25, 0.3) is 0 Å². The van der Waals surface area contributed by atoms with Gasteiger partial charge in [-0.3, -0.25) is 9.59 Å².